The number of amidine groups is 1. The Hall–Kier alpha value is -3.33. The van der Waals surface area contributed by atoms with Gasteiger partial charge in [0.1, 0.15) is 5.60 Å². The molecule has 0 radical (unpaired) electrons. The number of piperidine rings is 1. The Morgan fingerprint density at radius 1 is 1.11 bits per heavy atom. The standard InChI is InChI=1S/C26H33N5O3S/c1-26(2,3)34-25(33)29-22-13-15-31(16-14-22)23(32)21-11-9-19(10-12-21)17-28-30-24(27)35-18-20-7-5-4-6-8-20/h4-12,17,22H,13-16,18H2,1-3H3,(H2,27,30)(H,29,33). The van der Waals surface area contributed by atoms with Gasteiger partial charge in [-0.2, -0.15) is 5.10 Å². The molecule has 186 valence electrons. The first-order chi connectivity index (χ1) is 16.7. The monoisotopic (exact) mass is 495 g/mol. The third-order valence-electron chi connectivity index (χ3n) is 5.25. The van der Waals surface area contributed by atoms with Crippen molar-refractivity contribution in [3.05, 3.63) is 71.3 Å². The van der Waals surface area contributed by atoms with Gasteiger partial charge in [0, 0.05) is 30.4 Å². The van der Waals surface area contributed by atoms with Crippen molar-refractivity contribution in [3.63, 3.8) is 0 Å². The van der Waals surface area contributed by atoms with E-state index in [-0.39, 0.29) is 11.9 Å². The van der Waals surface area contributed by atoms with Crippen molar-refractivity contribution >= 4 is 35.1 Å². The van der Waals surface area contributed by atoms with E-state index < -0.39 is 11.7 Å². The number of amides is 2. The summed E-state index contributed by atoms with van der Waals surface area (Å²) in [5.74, 6) is 0.709. The predicted octanol–water partition coefficient (Wildman–Crippen LogP) is 4.40. The van der Waals surface area contributed by atoms with Crippen LogP contribution in [0.25, 0.3) is 0 Å². The topological polar surface area (TPSA) is 109 Å². The smallest absolute Gasteiger partial charge is 0.407 e. The number of nitrogens with one attached hydrogen (secondary N) is 1. The molecule has 2 amide bonds. The number of rotatable bonds is 6. The van der Waals surface area contributed by atoms with Gasteiger partial charge in [0.05, 0.1) is 6.21 Å². The van der Waals surface area contributed by atoms with Crippen LogP contribution in [0.2, 0.25) is 0 Å². The average molecular weight is 496 g/mol. The molecule has 8 nitrogen and oxygen atoms in total. The summed E-state index contributed by atoms with van der Waals surface area (Å²) in [5, 5.41) is 11.4. The summed E-state index contributed by atoms with van der Waals surface area (Å²) in [5.41, 5.74) is 7.99. The fourth-order valence-electron chi connectivity index (χ4n) is 3.51. The minimum absolute atomic E-state index is 0.00587. The normalized spacial score (nSPS) is 15.3. The summed E-state index contributed by atoms with van der Waals surface area (Å²) >= 11 is 1.43. The van der Waals surface area contributed by atoms with Crippen molar-refractivity contribution in [2.24, 2.45) is 15.9 Å². The molecule has 1 fully saturated rings. The number of thioether (sulfide) groups is 1. The molecule has 1 heterocycles. The van der Waals surface area contributed by atoms with Crippen LogP contribution < -0.4 is 11.1 Å². The lowest BCUT2D eigenvalue weighted by atomic mass is 10.0. The van der Waals surface area contributed by atoms with Gasteiger partial charge < -0.3 is 20.7 Å². The van der Waals surface area contributed by atoms with Crippen molar-refractivity contribution in [1.29, 1.82) is 0 Å². The summed E-state index contributed by atoms with van der Waals surface area (Å²) in [6, 6.07) is 17.3. The van der Waals surface area contributed by atoms with Gasteiger partial charge in [-0.25, -0.2) is 4.79 Å². The minimum Gasteiger partial charge on any atom is -0.444 e. The molecule has 0 spiro atoms. The lowest BCUT2D eigenvalue weighted by Gasteiger charge is -2.33. The summed E-state index contributed by atoms with van der Waals surface area (Å²) < 4.78 is 5.31. The van der Waals surface area contributed by atoms with Crippen LogP contribution in [0.15, 0.2) is 64.8 Å². The summed E-state index contributed by atoms with van der Waals surface area (Å²) in [6.45, 7) is 6.66. The van der Waals surface area contributed by atoms with Gasteiger partial charge in [0.2, 0.25) is 0 Å². The third-order valence-corrected chi connectivity index (χ3v) is 6.11. The van der Waals surface area contributed by atoms with Crippen LogP contribution in [0.5, 0.6) is 0 Å². The number of carbonyl (C=O) groups excluding carboxylic acids is 2. The molecule has 3 rings (SSSR count). The first-order valence-electron chi connectivity index (χ1n) is 11.6. The van der Waals surface area contributed by atoms with Crippen LogP contribution in [-0.4, -0.2) is 53.0 Å². The van der Waals surface area contributed by atoms with E-state index in [1.54, 1.807) is 18.3 Å². The van der Waals surface area contributed by atoms with Crippen LogP contribution in [0.4, 0.5) is 4.79 Å². The number of nitrogens with zero attached hydrogens (tertiary/aromatic N) is 3. The second-order valence-electron chi connectivity index (χ2n) is 9.29. The molecule has 2 aromatic carbocycles. The molecule has 3 N–H and O–H groups in total. The SMILES string of the molecule is CC(C)(C)OC(=O)NC1CCN(C(=O)c2ccc(C=NN=C(N)SCc3ccccc3)cc2)CC1. The lowest BCUT2D eigenvalue weighted by Crippen LogP contribution is -2.47. The zero-order valence-electron chi connectivity index (χ0n) is 20.4. The molecule has 0 aromatic heterocycles. The minimum atomic E-state index is -0.530. The molecule has 0 atom stereocenters. The van der Waals surface area contributed by atoms with Crippen molar-refractivity contribution in [2.45, 2.75) is 51.0 Å². The third kappa shape index (κ3) is 9.09. The Kier molecular flexibility index (Phi) is 9.31. The number of alkyl carbamates (subject to hydrolysis) is 1. The Morgan fingerprint density at radius 2 is 1.77 bits per heavy atom. The van der Waals surface area contributed by atoms with Crippen LogP contribution >= 0.6 is 11.8 Å². The maximum atomic E-state index is 12.9. The van der Waals surface area contributed by atoms with Gasteiger partial charge in [0.15, 0.2) is 5.17 Å². The molecule has 0 aliphatic carbocycles. The number of hydrogen-bond acceptors (Lipinski definition) is 6. The van der Waals surface area contributed by atoms with E-state index in [9.17, 15) is 9.59 Å². The molecule has 1 saturated heterocycles. The van der Waals surface area contributed by atoms with Gasteiger partial charge in [-0.15, -0.1) is 5.10 Å². The van der Waals surface area contributed by atoms with E-state index in [0.29, 0.717) is 36.7 Å². The van der Waals surface area contributed by atoms with Crippen LogP contribution in [0.1, 0.15) is 55.1 Å². The molecule has 1 aliphatic heterocycles. The zero-order chi connectivity index (χ0) is 25.3. The molecule has 0 unspecified atom stereocenters. The average Bonchev–Trinajstić information content (AvgIpc) is 2.83. The van der Waals surface area contributed by atoms with E-state index in [1.165, 1.54) is 17.3 Å². The first-order valence-corrected chi connectivity index (χ1v) is 12.6. The van der Waals surface area contributed by atoms with Crippen molar-refractivity contribution in [2.75, 3.05) is 13.1 Å². The highest BCUT2D eigenvalue weighted by Crippen LogP contribution is 2.16. The van der Waals surface area contributed by atoms with Gasteiger partial charge in [0.25, 0.3) is 5.91 Å². The molecule has 2 aromatic rings. The maximum absolute atomic E-state index is 12.9. The van der Waals surface area contributed by atoms with E-state index in [2.05, 4.69) is 15.5 Å². The maximum Gasteiger partial charge on any atom is 0.407 e. The highest BCUT2D eigenvalue weighted by molar-refractivity contribution is 8.13. The highest BCUT2D eigenvalue weighted by Gasteiger charge is 2.26. The summed E-state index contributed by atoms with van der Waals surface area (Å²) in [4.78, 5) is 26.6. The molecule has 35 heavy (non-hydrogen) atoms. The summed E-state index contributed by atoms with van der Waals surface area (Å²) in [6.07, 6.45) is 2.58. The fourth-order valence-corrected chi connectivity index (χ4v) is 4.12. The quantitative estimate of drug-likeness (QED) is 0.351. The van der Waals surface area contributed by atoms with Crippen molar-refractivity contribution in [3.8, 4) is 0 Å². The summed E-state index contributed by atoms with van der Waals surface area (Å²) in [7, 11) is 0. The van der Waals surface area contributed by atoms with E-state index >= 15 is 0 Å². The number of ether oxygens (including phenoxy) is 1. The van der Waals surface area contributed by atoms with Crippen LogP contribution in [-0.2, 0) is 10.5 Å². The van der Waals surface area contributed by atoms with Gasteiger partial charge in [-0.05, 0) is 56.9 Å². The van der Waals surface area contributed by atoms with Crippen LogP contribution in [0.3, 0.4) is 0 Å². The second kappa shape index (κ2) is 12.4. The highest BCUT2D eigenvalue weighted by atomic mass is 32.2. The van der Waals surface area contributed by atoms with Crippen molar-refractivity contribution in [1.82, 2.24) is 10.2 Å². The molecule has 0 bridgehead atoms. The number of likely N-dealkylation sites (tertiary alicyclic amines) is 1. The van der Waals surface area contributed by atoms with Crippen LogP contribution in [0, 0.1) is 0 Å². The number of nitrogens with two attached hydrogens (primary N) is 1. The Balaban J connectivity index is 1.44. The van der Waals surface area contributed by atoms with E-state index in [4.69, 9.17) is 10.5 Å². The lowest BCUT2D eigenvalue weighted by molar-refractivity contribution is 0.0473. The molecule has 9 heteroatoms. The van der Waals surface area contributed by atoms with Gasteiger partial charge >= 0.3 is 6.09 Å². The number of hydrogen-bond donors (Lipinski definition) is 2. The molecule has 0 saturated carbocycles. The molecular weight excluding hydrogens is 462 g/mol. The predicted molar refractivity (Wildman–Crippen MR) is 142 cm³/mol. The van der Waals surface area contributed by atoms with Crippen molar-refractivity contribution < 1.29 is 14.3 Å². The Morgan fingerprint density at radius 3 is 2.40 bits per heavy atom. The zero-order valence-corrected chi connectivity index (χ0v) is 21.3. The largest absolute Gasteiger partial charge is 0.444 e. The Bertz CT molecular complexity index is 1040. The van der Waals surface area contributed by atoms with Gasteiger partial charge in [-0.1, -0.05) is 54.2 Å². The van der Waals surface area contributed by atoms with E-state index in [1.807, 2.05) is 68.1 Å². The second-order valence-corrected chi connectivity index (χ2v) is 10.3. The number of carbonyl (C=O) groups is 2. The van der Waals surface area contributed by atoms with Gasteiger partial charge in [-0.3, -0.25) is 4.79 Å². The van der Waals surface area contributed by atoms with E-state index in [0.717, 1.165) is 11.3 Å². The molecule has 1 aliphatic rings. The molecular formula is C26H33N5O3S. The number of benzene rings is 2. The fraction of sp³-hybridized carbons (Fsp3) is 0.385. The Labute approximate surface area is 211 Å². The first kappa shape index (κ1) is 26.3.